The quantitative estimate of drug-likeness (QED) is 0.195. The third-order valence-corrected chi connectivity index (χ3v) is 7.79. The molecule has 0 saturated heterocycles. The van der Waals surface area contributed by atoms with E-state index in [2.05, 4.69) is 82.8 Å². The van der Waals surface area contributed by atoms with E-state index in [9.17, 15) is 0 Å². The molecule has 5 nitrogen and oxygen atoms in total. The molecule has 0 atom stereocenters. The Bertz CT molecular complexity index is 2210. The van der Waals surface area contributed by atoms with Crippen molar-refractivity contribution >= 4 is 21.5 Å². The van der Waals surface area contributed by atoms with Gasteiger partial charge in [0, 0.05) is 40.2 Å². The Labute approximate surface area is 254 Å². The third-order valence-electron chi connectivity index (χ3n) is 7.79. The number of rotatable bonds is 5. The Morgan fingerprint density at radius 1 is 0.341 bits per heavy atom. The summed E-state index contributed by atoms with van der Waals surface area (Å²) in [4.78, 5) is 24.6. The van der Waals surface area contributed by atoms with Crippen LogP contribution in [0.3, 0.4) is 0 Å². The van der Waals surface area contributed by atoms with Crippen LogP contribution in [0.4, 0.5) is 0 Å². The highest BCUT2D eigenvalue weighted by Gasteiger charge is 2.17. The second kappa shape index (κ2) is 11.0. The molecule has 0 fully saturated rings. The maximum Gasteiger partial charge on any atom is 0.164 e. The van der Waals surface area contributed by atoms with Crippen molar-refractivity contribution < 1.29 is 0 Å². The van der Waals surface area contributed by atoms with Gasteiger partial charge in [-0.15, -0.1) is 0 Å². The summed E-state index contributed by atoms with van der Waals surface area (Å²) in [6.07, 6.45) is 3.61. The summed E-state index contributed by atoms with van der Waals surface area (Å²) in [7, 11) is 0. The van der Waals surface area contributed by atoms with Crippen LogP contribution in [0.5, 0.6) is 0 Å². The second-order valence-electron chi connectivity index (χ2n) is 10.6. The van der Waals surface area contributed by atoms with Crippen molar-refractivity contribution in [3.05, 3.63) is 152 Å². The normalized spacial score (nSPS) is 11.2. The Hall–Kier alpha value is -6.07. The van der Waals surface area contributed by atoms with Crippen LogP contribution in [0.2, 0.25) is 0 Å². The molecule has 0 aliphatic heterocycles. The molecule has 0 radical (unpaired) electrons. The highest BCUT2D eigenvalue weighted by Crippen LogP contribution is 2.36. The van der Waals surface area contributed by atoms with Crippen LogP contribution >= 0.6 is 0 Å². The number of hydrogen-bond donors (Lipinski definition) is 0. The van der Waals surface area contributed by atoms with Gasteiger partial charge in [0.05, 0.1) is 11.4 Å². The first-order chi connectivity index (χ1) is 21.8. The maximum absolute atomic E-state index is 5.16. The molecule has 0 spiro atoms. The van der Waals surface area contributed by atoms with Gasteiger partial charge in [0.15, 0.2) is 17.5 Å². The average molecular weight is 564 g/mol. The molecule has 0 amide bonds. The lowest BCUT2D eigenvalue weighted by atomic mass is 9.96. The first kappa shape index (κ1) is 25.6. The molecule has 3 aromatic heterocycles. The SMILES string of the molecule is c1ccc(-c2nc(-c3cc(-c4ccccn4)cc(-c4ccccn4)c3)nc(-c3cc4ccccc4c4ccccc34)n2)cc1. The Morgan fingerprint density at radius 3 is 1.52 bits per heavy atom. The van der Waals surface area contributed by atoms with Gasteiger partial charge in [-0.3, -0.25) is 9.97 Å². The van der Waals surface area contributed by atoms with Crippen molar-refractivity contribution in [1.29, 1.82) is 0 Å². The minimum absolute atomic E-state index is 0.584. The summed E-state index contributed by atoms with van der Waals surface area (Å²) in [5.41, 5.74) is 6.40. The van der Waals surface area contributed by atoms with E-state index in [1.165, 1.54) is 10.8 Å². The van der Waals surface area contributed by atoms with Gasteiger partial charge in [-0.05, 0) is 70.1 Å². The van der Waals surface area contributed by atoms with E-state index in [0.717, 1.165) is 50.0 Å². The topological polar surface area (TPSA) is 64.5 Å². The van der Waals surface area contributed by atoms with Gasteiger partial charge in [0.1, 0.15) is 0 Å². The summed E-state index contributed by atoms with van der Waals surface area (Å²) in [6.45, 7) is 0. The Kier molecular flexibility index (Phi) is 6.39. The fraction of sp³-hybridized carbons (Fsp3) is 0. The molecule has 44 heavy (non-hydrogen) atoms. The molecule has 8 aromatic rings. The number of hydrogen-bond acceptors (Lipinski definition) is 5. The Morgan fingerprint density at radius 2 is 0.864 bits per heavy atom. The van der Waals surface area contributed by atoms with Gasteiger partial charge >= 0.3 is 0 Å². The molecule has 206 valence electrons. The summed E-state index contributed by atoms with van der Waals surface area (Å²) in [5, 5.41) is 4.60. The zero-order valence-corrected chi connectivity index (χ0v) is 23.7. The first-order valence-corrected chi connectivity index (χ1v) is 14.5. The number of aromatic nitrogens is 5. The van der Waals surface area contributed by atoms with E-state index in [1.54, 1.807) is 0 Å². The van der Waals surface area contributed by atoms with Crippen LogP contribution in [-0.4, -0.2) is 24.9 Å². The van der Waals surface area contributed by atoms with Crippen LogP contribution in [0.15, 0.2) is 152 Å². The molecule has 0 unspecified atom stereocenters. The second-order valence-corrected chi connectivity index (χ2v) is 10.6. The maximum atomic E-state index is 5.16. The largest absolute Gasteiger partial charge is 0.256 e. The van der Waals surface area contributed by atoms with Gasteiger partial charge < -0.3 is 0 Å². The molecular weight excluding hydrogens is 538 g/mol. The highest BCUT2D eigenvalue weighted by molar-refractivity contribution is 6.13. The smallest absolute Gasteiger partial charge is 0.164 e. The molecular formula is C39H25N5. The van der Waals surface area contributed by atoms with Gasteiger partial charge in [-0.1, -0.05) is 91.0 Å². The fourth-order valence-corrected chi connectivity index (χ4v) is 5.70. The van der Waals surface area contributed by atoms with Crippen LogP contribution in [0.1, 0.15) is 0 Å². The predicted octanol–water partition coefficient (Wildman–Crippen LogP) is 9.30. The van der Waals surface area contributed by atoms with Crippen LogP contribution in [-0.2, 0) is 0 Å². The lowest BCUT2D eigenvalue weighted by Crippen LogP contribution is -2.01. The highest BCUT2D eigenvalue weighted by atomic mass is 15.0. The number of nitrogens with zero attached hydrogens (tertiary/aromatic N) is 5. The summed E-state index contributed by atoms with van der Waals surface area (Å²) in [5.74, 6) is 1.82. The van der Waals surface area contributed by atoms with Crippen LogP contribution in [0, 0.1) is 0 Å². The molecule has 3 heterocycles. The van der Waals surface area contributed by atoms with Gasteiger partial charge in [0.2, 0.25) is 0 Å². The standard InChI is InChI=1S/C39H25N5/c1-2-12-26(13-3-1)37-42-38(30-23-28(35-18-8-10-20-40-35)22-29(24-30)36-19-9-11-21-41-36)44-39(43-37)34-25-27-14-4-5-15-31(27)32-16-6-7-17-33(32)34/h1-25H. The molecule has 5 aromatic carbocycles. The van der Waals surface area contributed by atoms with E-state index in [-0.39, 0.29) is 0 Å². The van der Waals surface area contributed by atoms with Crippen molar-refractivity contribution in [3.63, 3.8) is 0 Å². The van der Waals surface area contributed by atoms with Crippen molar-refractivity contribution in [2.24, 2.45) is 0 Å². The zero-order valence-electron chi connectivity index (χ0n) is 23.7. The van der Waals surface area contributed by atoms with Crippen molar-refractivity contribution in [1.82, 2.24) is 24.9 Å². The van der Waals surface area contributed by atoms with E-state index < -0.39 is 0 Å². The fourth-order valence-electron chi connectivity index (χ4n) is 5.70. The minimum Gasteiger partial charge on any atom is -0.256 e. The number of benzene rings is 5. The Balaban J connectivity index is 1.41. The minimum atomic E-state index is 0.584. The average Bonchev–Trinajstić information content (AvgIpc) is 3.12. The van der Waals surface area contributed by atoms with Crippen LogP contribution in [0.25, 0.3) is 78.2 Å². The first-order valence-electron chi connectivity index (χ1n) is 14.5. The summed E-state index contributed by atoms with van der Waals surface area (Å²) < 4.78 is 0. The molecule has 0 aliphatic carbocycles. The van der Waals surface area contributed by atoms with Gasteiger partial charge in [-0.25, -0.2) is 15.0 Å². The monoisotopic (exact) mass is 563 g/mol. The molecule has 0 bridgehead atoms. The molecule has 0 N–H and O–H groups in total. The van der Waals surface area contributed by atoms with E-state index in [0.29, 0.717) is 17.5 Å². The molecule has 8 rings (SSSR count). The molecule has 5 heteroatoms. The lowest BCUT2D eigenvalue weighted by molar-refractivity contribution is 1.08. The van der Waals surface area contributed by atoms with E-state index in [4.69, 9.17) is 15.0 Å². The third kappa shape index (κ3) is 4.76. The lowest BCUT2D eigenvalue weighted by Gasteiger charge is -2.13. The number of pyridine rings is 2. The molecule has 0 aliphatic rings. The van der Waals surface area contributed by atoms with Gasteiger partial charge in [0.25, 0.3) is 0 Å². The predicted molar refractivity (Wildman–Crippen MR) is 178 cm³/mol. The van der Waals surface area contributed by atoms with Crippen LogP contribution < -0.4 is 0 Å². The van der Waals surface area contributed by atoms with E-state index in [1.807, 2.05) is 79.1 Å². The zero-order chi connectivity index (χ0) is 29.3. The van der Waals surface area contributed by atoms with Crippen molar-refractivity contribution in [3.8, 4) is 56.7 Å². The van der Waals surface area contributed by atoms with Crippen molar-refractivity contribution in [2.45, 2.75) is 0 Å². The summed E-state index contributed by atoms with van der Waals surface area (Å²) in [6, 6.07) is 47.3. The van der Waals surface area contributed by atoms with Gasteiger partial charge in [-0.2, -0.15) is 0 Å². The molecule has 0 saturated carbocycles. The van der Waals surface area contributed by atoms with E-state index >= 15 is 0 Å². The number of fused-ring (bicyclic) bond motifs is 3. The summed E-state index contributed by atoms with van der Waals surface area (Å²) >= 11 is 0. The van der Waals surface area contributed by atoms with Crippen molar-refractivity contribution in [2.75, 3.05) is 0 Å².